The predicted octanol–water partition coefficient (Wildman–Crippen LogP) is 3.12. The van der Waals surface area contributed by atoms with Gasteiger partial charge in [-0.1, -0.05) is 19.8 Å². The zero-order valence-electron chi connectivity index (χ0n) is 13.3. The third-order valence-electron chi connectivity index (χ3n) is 4.55. The van der Waals surface area contributed by atoms with E-state index in [1.54, 1.807) is 0 Å². The van der Waals surface area contributed by atoms with Crippen LogP contribution in [0.3, 0.4) is 0 Å². The van der Waals surface area contributed by atoms with Gasteiger partial charge in [0.05, 0.1) is 12.2 Å². The van der Waals surface area contributed by atoms with Crippen LogP contribution in [-0.4, -0.2) is 33.8 Å². The molecule has 2 rings (SSSR count). The number of likely N-dealkylation sites (tertiary alicyclic amines) is 1. The van der Waals surface area contributed by atoms with Crippen LogP contribution >= 0.6 is 0 Å². The Balaban J connectivity index is 2.19. The summed E-state index contributed by atoms with van der Waals surface area (Å²) in [7, 11) is 0. The first kappa shape index (κ1) is 15.5. The van der Waals surface area contributed by atoms with Crippen LogP contribution in [0.25, 0.3) is 0 Å². The van der Waals surface area contributed by atoms with Gasteiger partial charge in [-0.25, -0.2) is 0 Å². The van der Waals surface area contributed by atoms with Crippen molar-refractivity contribution in [2.75, 3.05) is 13.1 Å². The summed E-state index contributed by atoms with van der Waals surface area (Å²) in [5.74, 6) is 0. The minimum atomic E-state index is 0.325. The van der Waals surface area contributed by atoms with Crippen molar-refractivity contribution in [3.63, 3.8) is 0 Å². The van der Waals surface area contributed by atoms with Gasteiger partial charge in [-0.15, -0.1) is 0 Å². The molecule has 4 nitrogen and oxygen atoms in total. The van der Waals surface area contributed by atoms with Gasteiger partial charge >= 0.3 is 0 Å². The van der Waals surface area contributed by atoms with Crippen molar-refractivity contribution in [1.29, 1.82) is 0 Å². The fraction of sp³-hybridized carbons (Fsp3) is 0.812. The molecule has 0 spiro atoms. The SMILES string of the molecule is CCC1CCCCCN1C(CN)c1cnn(C(C)C)c1. The second-order valence-corrected chi connectivity index (χ2v) is 6.25. The maximum atomic E-state index is 6.11. The topological polar surface area (TPSA) is 47.1 Å². The van der Waals surface area contributed by atoms with Crippen LogP contribution in [0.2, 0.25) is 0 Å². The second-order valence-electron chi connectivity index (χ2n) is 6.25. The highest BCUT2D eigenvalue weighted by molar-refractivity contribution is 5.12. The van der Waals surface area contributed by atoms with Crippen LogP contribution in [0.5, 0.6) is 0 Å². The summed E-state index contributed by atoms with van der Waals surface area (Å²) < 4.78 is 2.04. The Morgan fingerprint density at radius 2 is 2.15 bits per heavy atom. The zero-order valence-corrected chi connectivity index (χ0v) is 13.3. The molecule has 2 heterocycles. The molecule has 0 aromatic carbocycles. The van der Waals surface area contributed by atoms with Crippen molar-refractivity contribution in [3.8, 4) is 0 Å². The van der Waals surface area contributed by atoms with E-state index in [2.05, 4.69) is 37.0 Å². The molecule has 1 aromatic heterocycles. The van der Waals surface area contributed by atoms with Crippen LogP contribution in [-0.2, 0) is 0 Å². The molecular weight excluding hydrogens is 248 g/mol. The number of nitrogens with two attached hydrogens (primary N) is 1. The van der Waals surface area contributed by atoms with Gasteiger partial charge < -0.3 is 5.73 Å². The molecule has 0 amide bonds. The Hall–Kier alpha value is -0.870. The van der Waals surface area contributed by atoms with Crippen molar-refractivity contribution < 1.29 is 0 Å². The van der Waals surface area contributed by atoms with Gasteiger partial charge in [0.25, 0.3) is 0 Å². The van der Waals surface area contributed by atoms with Gasteiger partial charge in [-0.05, 0) is 39.7 Å². The largest absolute Gasteiger partial charge is 0.329 e. The predicted molar refractivity (Wildman–Crippen MR) is 83.7 cm³/mol. The van der Waals surface area contributed by atoms with Crippen molar-refractivity contribution in [3.05, 3.63) is 18.0 Å². The molecule has 0 aliphatic carbocycles. The third kappa shape index (κ3) is 3.41. The molecule has 2 N–H and O–H groups in total. The van der Waals surface area contributed by atoms with Gasteiger partial charge in [-0.3, -0.25) is 9.58 Å². The maximum Gasteiger partial charge on any atom is 0.0538 e. The van der Waals surface area contributed by atoms with E-state index in [0.29, 0.717) is 24.7 Å². The molecule has 1 aliphatic rings. The summed E-state index contributed by atoms with van der Waals surface area (Å²) in [6.45, 7) is 8.48. The monoisotopic (exact) mass is 278 g/mol. The lowest BCUT2D eigenvalue weighted by molar-refractivity contribution is 0.136. The summed E-state index contributed by atoms with van der Waals surface area (Å²) in [6.07, 6.45) is 10.7. The van der Waals surface area contributed by atoms with E-state index in [0.717, 1.165) is 0 Å². The highest BCUT2D eigenvalue weighted by Crippen LogP contribution is 2.29. The number of aromatic nitrogens is 2. The van der Waals surface area contributed by atoms with E-state index in [1.807, 2.05) is 10.9 Å². The quantitative estimate of drug-likeness (QED) is 0.900. The fourth-order valence-electron chi connectivity index (χ4n) is 3.32. The smallest absolute Gasteiger partial charge is 0.0538 e. The summed E-state index contributed by atoms with van der Waals surface area (Å²) >= 11 is 0. The standard InChI is InChI=1S/C16H30N4/c1-4-15-8-6-5-7-9-19(15)16(10-17)14-11-18-20(12-14)13(2)3/h11-13,15-16H,4-10,17H2,1-3H3. The Bertz CT molecular complexity index is 399. The first-order valence-corrected chi connectivity index (χ1v) is 8.17. The van der Waals surface area contributed by atoms with Crippen LogP contribution in [0.4, 0.5) is 0 Å². The number of rotatable bonds is 5. The van der Waals surface area contributed by atoms with Gasteiger partial charge in [0.15, 0.2) is 0 Å². The summed E-state index contributed by atoms with van der Waals surface area (Å²) in [5.41, 5.74) is 7.39. The molecule has 1 fully saturated rings. The van der Waals surface area contributed by atoms with E-state index in [4.69, 9.17) is 5.73 Å². The van der Waals surface area contributed by atoms with Gasteiger partial charge in [0.1, 0.15) is 0 Å². The van der Waals surface area contributed by atoms with Crippen molar-refractivity contribution in [1.82, 2.24) is 14.7 Å². The molecule has 1 saturated heterocycles. The number of hydrogen-bond donors (Lipinski definition) is 1. The van der Waals surface area contributed by atoms with E-state index < -0.39 is 0 Å². The average molecular weight is 278 g/mol. The minimum Gasteiger partial charge on any atom is -0.329 e. The highest BCUT2D eigenvalue weighted by Gasteiger charge is 2.27. The molecular formula is C16H30N4. The Kier molecular flexibility index (Phi) is 5.61. The Morgan fingerprint density at radius 3 is 2.75 bits per heavy atom. The van der Waals surface area contributed by atoms with Gasteiger partial charge in [0.2, 0.25) is 0 Å². The van der Waals surface area contributed by atoms with Gasteiger partial charge in [0, 0.05) is 30.4 Å². The highest BCUT2D eigenvalue weighted by atomic mass is 15.3. The molecule has 0 radical (unpaired) electrons. The zero-order chi connectivity index (χ0) is 14.5. The maximum absolute atomic E-state index is 6.11. The second kappa shape index (κ2) is 7.23. The summed E-state index contributed by atoms with van der Waals surface area (Å²) in [6, 6.07) is 1.41. The van der Waals surface area contributed by atoms with Crippen molar-refractivity contribution >= 4 is 0 Å². The summed E-state index contributed by atoms with van der Waals surface area (Å²) in [4.78, 5) is 2.63. The van der Waals surface area contributed by atoms with Crippen LogP contribution in [0.1, 0.15) is 70.5 Å². The van der Waals surface area contributed by atoms with Crippen LogP contribution in [0.15, 0.2) is 12.4 Å². The Labute approximate surface area is 123 Å². The summed E-state index contributed by atoms with van der Waals surface area (Å²) in [5, 5.41) is 4.49. The van der Waals surface area contributed by atoms with E-state index in [1.165, 1.54) is 44.2 Å². The molecule has 1 aromatic rings. The molecule has 0 saturated carbocycles. The average Bonchev–Trinajstić information content (AvgIpc) is 2.80. The first-order chi connectivity index (χ1) is 9.67. The van der Waals surface area contributed by atoms with E-state index in [-0.39, 0.29) is 0 Å². The molecule has 1 aliphatic heterocycles. The molecule has 114 valence electrons. The minimum absolute atomic E-state index is 0.325. The molecule has 0 bridgehead atoms. The lowest BCUT2D eigenvalue weighted by Crippen LogP contribution is -2.40. The molecule has 4 heteroatoms. The molecule has 20 heavy (non-hydrogen) atoms. The number of hydrogen-bond acceptors (Lipinski definition) is 3. The lowest BCUT2D eigenvalue weighted by atomic mass is 10.0. The normalized spacial score (nSPS) is 22.9. The van der Waals surface area contributed by atoms with E-state index >= 15 is 0 Å². The molecule has 2 atom stereocenters. The van der Waals surface area contributed by atoms with Crippen molar-refractivity contribution in [2.45, 2.75) is 71.0 Å². The lowest BCUT2D eigenvalue weighted by Gasteiger charge is -2.35. The fourth-order valence-corrected chi connectivity index (χ4v) is 3.32. The van der Waals surface area contributed by atoms with Crippen molar-refractivity contribution in [2.24, 2.45) is 5.73 Å². The Morgan fingerprint density at radius 1 is 1.35 bits per heavy atom. The molecule has 2 unspecified atom stereocenters. The third-order valence-corrected chi connectivity index (χ3v) is 4.55. The van der Waals surface area contributed by atoms with Crippen LogP contribution < -0.4 is 5.73 Å². The van der Waals surface area contributed by atoms with Gasteiger partial charge in [-0.2, -0.15) is 5.10 Å². The van der Waals surface area contributed by atoms with E-state index in [9.17, 15) is 0 Å². The first-order valence-electron chi connectivity index (χ1n) is 8.17. The number of nitrogens with zero attached hydrogens (tertiary/aromatic N) is 3. The van der Waals surface area contributed by atoms with Crippen LogP contribution in [0, 0.1) is 0 Å².